The van der Waals surface area contributed by atoms with Gasteiger partial charge < -0.3 is 14.8 Å². The van der Waals surface area contributed by atoms with E-state index in [2.05, 4.69) is 10.6 Å². The maximum atomic E-state index is 11.9. The van der Waals surface area contributed by atoms with Gasteiger partial charge in [-0.15, -0.1) is 0 Å². The predicted molar refractivity (Wildman–Crippen MR) is 92.4 cm³/mol. The number of hydrogen-bond donors (Lipinski definition) is 2. The van der Waals surface area contributed by atoms with Gasteiger partial charge in [-0.05, 0) is 43.7 Å². The van der Waals surface area contributed by atoms with Crippen LogP contribution >= 0.6 is 0 Å². The molecular formula is C18H20N2O4. The Labute approximate surface area is 140 Å². The van der Waals surface area contributed by atoms with E-state index in [9.17, 15) is 9.59 Å². The van der Waals surface area contributed by atoms with Crippen LogP contribution in [0.25, 0.3) is 0 Å². The van der Waals surface area contributed by atoms with Crippen LogP contribution < -0.4 is 15.4 Å². The van der Waals surface area contributed by atoms with Crippen molar-refractivity contribution in [3.63, 3.8) is 0 Å². The van der Waals surface area contributed by atoms with Gasteiger partial charge in [0.2, 0.25) is 0 Å². The molecule has 2 aromatic carbocycles. The van der Waals surface area contributed by atoms with Crippen LogP contribution in [0.2, 0.25) is 0 Å². The van der Waals surface area contributed by atoms with Crippen LogP contribution in [0.5, 0.6) is 5.75 Å². The van der Waals surface area contributed by atoms with E-state index in [0.29, 0.717) is 18.0 Å². The third-order valence-corrected chi connectivity index (χ3v) is 3.03. The number of benzene rings is 2. The molecule has 0 atom stereocenters. The molecule has 6 nitrogen and oxygen atoms in total. The van der Waals surface area contributed by atoms with Crippen molar-refractivity contribution in [2.24, 2.45) is 0 Å². The van der Waals surface area contributed by atoms with E-state index in [1.807, 2.05) is 31.2 Å². The van der Waals surface area contributed by atoms with Gasteiger partial charge in [-0.2, -0.15) is 0 Å². The van der Waals surface area contributed by atoms with Gasteiger partial charge in [0, 0.05) is 17.4 Å². The van der Waals surface area contributed by atoms with Gasteiger partial charge in [-0.3, -0.25) is 10.1 Å². The van der Waals surface area contributed by atoms with Crippen LogP contribution in [0.1, 0.15) is 12.5 Å². The lowest BCUT2D eigenvalue weighted by Gasteiger charge is -2.10. The van der Waals surface area contributed by atoms with Gasteiger partial charge in [-0.25, -0.2) is 4.79 Å². The standard InChI is InChI=1S/C18H20N2O4/c1-3-23-18(22)20-15-8-5-9-16(11-15)24-12-17(21)19-14-7-4-6-13(2)10-14/h4-11H,3,12H2,1-2H3,(H,19,21)(H,20,22). The summed E-state index contributed by atoms with van der Waals surface area (Å²) in [6.45, 7) is 3.85. The van der Waals surface area contributed by atoms with Crippen LogP contribution in [-0.4, -0.2) is 25.2 Å². The average Bonchev–Trinajstić information content (AvgIpc) is 2.53. The summed E-state index contributed by atoms with van der Waals surface area (Å²) in [6.07, 6.45) is -0.535. The number of hydrogen-bond acceptors (Lipinski definition) is 4. The number of amides is 2. The van der Waals surface area contributed by atoms with Crippen molar-refractivity contribution in [3.05, 3.63) is 54.1 Å². The molecule has 6 heteroatoms. The van der Waals surface area contributed by atoms with Crippen molar-refractivity contribution >= 4 is 23.4 Å². The largest absolute Gasteiger partial charge is 0.484 e. The number of ether oxygens (including phenoxy) is 2. The summed E-state index contributed by atoms with van der Waals surface area (Å²) in [5.74, 6) is 0.216. The lowest BCUT2D eigenvalue weighted by Crippen LogP contribution is -2.20. The molecule has 0 aliphatic heterocycles. The van der Waals surface area contributed by atoms with Gasteiger partial charge in [0.05, 0.1) is 6.61 Å². The highest BCUT2D eigenvalue weighted by molar-refractivity contribution is 5.92. The molecule has 24 heavy (non-hydrogen) atoms. The van der Waals surface area contributed by atoms with Crippen LogP contribution in [0.3, 0.4) is 0 Å². The first-order chi connectivity index (χ1) is 11.6. The van der Waals surface area contributed by atoms with Crippen LogP contribution in [0.15, 0.2) is 48.5 Å². The first-order valence-corrected chi connectivity index (χ1v) is 7.60. The first kappa shape index (κ1) is 17.3. The topological polar surface area (TPSA) is 76.7 Å². The van der Waals surface area contributed by atoms with Crippen molar-refractivity contribution in [3.8, 4) is 5.75 Å². The van der Waals surface area contributed by atoms with E-state index >= 15 is 0 Å². The molecule has 0 radical (unpaired) electrons. The lowest BCUT2D eigenvalue weighted by molar-refractivity contribution is -0.118. The quantitative estimate of drug-likeness (QED) is 0.850. The van der Waals surface area contributed by atoms with E-state index in [4.69, 9.17) is 9.47 Å². The second kappa shape index (κ2) is 8.57. The fraction of sp³-hybridized carbons (Fsp3) is 0.222. The summed E-state index contributed by atoms with van der Waals surface area (Å²) in [7, 11) is 0. The number of aryl methyl sites for hydroxylation is 1. The molecule has 2 amide bonds. The minimum Gasteiger partial charge on any atom is -0.484 e. The Hall–Kier alpha value is -3.02. The molecule has 0 spiro atoms. The predicted octanol–water partition coefficient (Wildman–Crippen LogP) is 3.58. The SMILES string of the molecule is CCOC(=O)Nc1cccc(OCC(=O)Nc2cccc(C)c2)c1. The summed E-state index contributed by atoms with van der Waals surface area (Å²) < 4.78 is 10.3. The molecule has 0 aliphatic carbocycles. The Morgan fingerprint density at radius 3 is 2.42 bits per heavy atom. The van der Waals surface area contributed by atoms with Crippen molar-refractivity contribution in [2.45, 2.75) is 13.8 Å². The monoisotopic (exact) mass is 328 g/mol. The molecule has 0 bridgehead atoms. The molecule has 0 aliphatic rings. The molecular weight excluding hydrogens is 308 g/mol. The van der Waals surface area contributed by atoms with Crippen LogP contribution in [0.4, 0.5) is 16.2 Å². The molecule has 0 fully saturated rings. The van der Waals surface area contributed by atoms with Crippen molar-refractivity contribution in [1.29, 1.82) is 0 Å². The molecule has 126 valence electrons. The van der Waals surface area contributed by atoms with E-state index in [1.54, 1.807) is 31.2 Å². The van der Waals surface area contributed by atoms with E-state index in [-0.39, 0.29) is 12.5 Å². The highest BCUT2D eigenvalue weighted by Gasteiger charge is 2.06. The summed E-state index contributed by atoms with van der Waals surface area (Å²) in [5, 5.41) is 5.34. The Morgan fingerprint density at radius 1 is 1.00 bits per heavy atom. The second-order valence-electron chi connectivity index (χ2n) is 5.08. The van der Waals surface area contributed by atoms with E-state index in [1.165, 1.54) is 0 Å². The second-order valence-corrected chi connectivity index (χ2v) is 5.08. The average molecular weight is 328 g/mol. The first-order valence-electron chi connectivity index (χ1n) is 7.60. The molecule has 0 aromatic heterocycles. The van der Waals surface area contributed by atoms with E-state index in [0.717, 1.165) is 11.3 Å². The summed E-state index contributed by atoms with van der Waals surface area (Å²) >= 11 is 0. The summed E-state index contributed by atoms with van der Waals surface area (Å²) in [6, 6.07) is 14.3. The fourth-order valence-corrected chi connectivity index (χ4v) is 2.02. The Morgan fingerprint density at radius 2 is 1.71 bits per heavy atom. The number of rotatable bonds is 6. The zero-order valence-corrected chi connectivity index (χ0v) is 13.7. The molecule has 0 saturated heterocycles. The summed E-state index contributed by atoms with van der Waals surface area (Å²) in [4.78, 5) is 23.3. The summed E-state index contributed by atoms with van der Waals surface area (Å²) in [5.41, 5.74) is 2.32. The van der Waals surface area contributed by atoms with Crippen molar-refractivity contribution < 1.29 is 19.1 Å². The minimum absolute atomic E-state index is 0.128. The normalized spacial score (nSPS) is 9.92. The molecule has 0 unspecified atom stereocenters. The van der Waals surface area contributed by atoms with Gasteiger partial charge in [-0.1, -0.05) is 18.2 Å². The highest BCUT2D eigenvalue weighted by atomic mass is 16.5. The van der Waals surface area contributed by atoms with Gasteiger partial charge >= 0.3 is 6.09 Å². The van der Waals surface area contributed by atoms with Crippen LogP contribution in [0, 0.1) is 6.92 Å². The number of nitrogens with one attached hydrogen (secondary N) is 2. The third-order valence-electron chi connectivity index (χ3n) is 3.03. The maximum absolute atomic E-state index is 11.9. The maximum Gasteiger partial charge on any atom is 0.411 e. The molecule has 0 heterocycles. The van der Waals surface area contributed by atoms with Gasteiger partial charge in [0.15, 0.2) is 6.61 Å². The highest BCUT2D eigenvalue weighted by Crippen LogP contribution is 2.17. The number of anilines is 2. The van der Waals surface area contributed by atoms with Gasteiger partial charge in [0.25, 0.3) is 5.91 Å². The number of carbonyl (C=O) groups excluding carboxylic acids is 2. The fourth-order valence-electron chi connectivity index (χ4n) is 2.02. The van der Waals surface area contributed by atoms with E-state index < -0.39 is 6.09 Å². The third kappa shape index (κ3) is 5.64. The molecule has 2 aromatic rings. The minimum atomic E-state index is -0.535. The number of carbonyl (C=O) groups is 2. The lowest BCUT2D eigenvalue weighted by atomic mass is 10.2. The Balaban J connectivity index is 1.87. The van der Waals surface area contributed by atoms with Crippen molar-refractivity contribution in [2.75, 3.05) is 23.8 Å². The zero-order chi connectivity index (χ0) is 17.4. The molecule has 0 saturated carbocycles. The molecule has 2 rings (SSSR count). The smallest absolute Gasteiger partial charge is 0.411 e. The van der Waals surface area contributed by atoms with Gasteiger partial charge in [0.1, 0.15) is 5.75 Å². The zero-order valence-electron chi connectivity index (χ0n) is 13.7. The Bertz CT molecular complexity index is 716. The Kier molecular flexibility index (Phi) is 6.19. The molecule has 2 N–H and O–H groups in total. The van der Waals surface area contributed by atoms with Crippen molar-refractivity contribution in [1.82, 2.24) is 0 Å². The van der Waals surface area contributed by atoms with Crippen LogP contribution in [-0.2, 0) is 9.53 Å².